The average molecular weight is 491 g/mol. The van der Waals surface area contributed by atoms with Gasteiger partial charge in [0.1, 0.15) is 0 Å². The fourth-order valence-corrected chi connectivity index (χ4v) is 6.72. The maximum absolute atomic E-state index is 13.0. The van der Waals surface area contributed by atoms with Crippen LogP contribution in [-0.4, -0.2) is 26.0 Å². The number of rotatable bonds is 7. The number of carboxylic acids is 1. The van der Waals surface area contributed by atoms with Crippen LogP contribution in [-0.2, 0) is 21.4 Å². The molecule has 35 heavy (non-hydrogen) atoms. The third-order valence-corrected chi connectivity index (χ3v) is 8.72. The molecule has 1 aliphatic carbocycles. The predicted octanol–water partition coefficient (Wildman–Crippen LogP) is 5.82. The first-order valence-corrected chi connectivity index (χ1v) is 13.6. The van der Waals surface area contributed by atoms with Crippen LogP contribution in [0.5, 0.6) is 0 Å². The molecule has 1 heterocycles. The fraction of sp³-hybridized carbons (Fsp3) is 0.321. The monoisotopic (exact) mass is 490 g/mol. The summed E-state index contributed by atoms with van der Waals surface area (Å²) in [5, 5.41) is 9.02. The smallest absolute Gasteiger partial charge is 0.323 e. The van der Waals surface area contributed by atoms with Gasteiger partial charge < -0.3 is 5.11 Å². The van der Waals surface area contributed by atoms with Gasteiger partial charge in [-0.15, -0.1) is 0 Å². The van der Waals surface area contributed by atoms with Crippen LogP contribution in [0.3, 0.4) is 0 Å². The molecular formula is C28H30N2O4S. The third-order valence-electron chi connectivity index (χ3n) is 7.27. The molecule has 3 aromatic carbocycles. The van der Waals surface area contributed by atoms with Gasteiger partial charge in [0.15, 0.2) is 0 Å². The number of aliphatic carboxylic acids is 1. The Balaban J connectivity index is 1.27. The topological polar surface area (TPSA) is 86.7 Å². The summed E-state index contributed by atoms with van der Waals surface area (Å²) in [6, 6.07) is 23.6. The lowest BCUT2D eigenvalue weighted by Gasteiger charge is -2.28. The van der Waals surface area contributed by atoms with Crippen molar-refractivity contribution in [1.29, 1.82) is 0 Å². The summed E-state index contributed by atoms with van der Waals surface area (Å²) >= 11 is 0. The number of carboxylic acid groups (broad SMARTS) is 1. The van der Waals surface area contributed by atoms with Gasteiger partial charge in [-0.05, 0) is 90.5 Å². The number of hydrogen-bond donors (Lipinski definition) is 2. The highest BCUT2D eigenvalue weighted by atomic mass is 32.2. The Bertz CT molecular complexity index is 1300. The van der Waals surface area contributed by atoms with E-state index in [2.05, 4.69) is 35.1 Å². The molecular weight excluding hydrogens is 460 g/mol. The van der Waals surface area contributed by atoms with Gasteiger partial charge in [-0.2, -0.15) is 8.42 Å². The summed E-state index contributed by atoms with van der Waals surface area (Å²) < 4.78 is 30.0. The summed E-state index contributed by atoms with van der Waals surface area (Å²) in [6.45, 7) is 0.421. The van der Waals surface area contributed by atoms with Crippen molar-refractivity contribution in [2.45, 2.75) is 44.4 Å². The number of anilines is 2. The Morgan fingerprint density at radius 2 is 1.60 bits per heavy atom. The Morgan fingerprint density at radius 3 is 2.29 bits per heavy atom. The van der Waals surface area contributed by atoms with Crippen LogP contribution in [0.1, 0.15) is 49.1 Å². The van der Waals surface area contributed by atoms with E-state index in [0.717, 1.165) is 48.1 Å². The number of para-hydroxylation sites is 1. The zero-order valence-corrected chi connectivity index (χ0v) is 20.4. The summed E-state index contributed by atoms with van der Waals surface area (Å²) in [7, 11) is -3.68. The SMILES string of the molecule is O=C(O)CC1CCC(c2ccc(-c3ccc4c(c3)CCN4S(=O)(=O)Nc3ccccc3)cc2)CC1. The minimum Gasteiger partial charge on any atom is -0.481 e. The van der Waals surface area contributed by atoms with Crippen molar-refractivity contribution in [3.63, 3.8) is 0 Å². The van der Waals surface area contributed by atoms with Crippen LogP contribution in [0.4, 0.5) is 11.4 Å². The zero-order chi connectivity index (χ0) is 24.4. The number of nitrogens with one attached hydrogen (secondary N) is 1. The Labute approximate surface area is 206 Å². The van der Waals surface area contributed by atoms with E-state index in [1.54, 1.807) is 24.3 Å². The van der Waals surface area contributed by atoms with Gasteiger partial charge in [0.05, 0.1) is 11.4 Å². The molecule has 5 rings (SSSR count). The summed E-state index contributed by atoms with van der Waals surface area (Å²) in [5.74, 6) is 0.103. The van der Waals surface area contributed by atoms with Crippen LogP contribution < -0.4 is 9.03 Å². The molecule has 1 fully saturated rings. The minimum absolute atomic E-state index is 0.283. The maximum atomic E-state index is 13.0. The molecule has 182 valence electrons. The first-order valence-electron chi connectivity index (χ1n) is 12.2. The van der Waals surface area contributed by atoms with Crippen molar-refractivity contribution < 1.29 is 18.3 Å². The second-order valence-corrected chi connectivity index (χ2v) is 11.2. The molecule has 3 aromatic rings. The lowest BCUT2D eigenvalue weighted by Crippen LogP contribution is -2.34. The molecule has 0 unspecified atom stereocenters. The van der Waals surface area contributed by atoms with Gasteiger partial charge in [0.2, 0.25) is 0 Å². The lowest BCUT2D eigenvalue weighted by molar-refractivity contribution is -0.138. The van der Waals surface area contributed by atoms with Crippen LogP contribution in [0.25, 0.3) is 11.1 Å². The van der Waals surface area contributed by atoms with Crippen molar-refractivity contribution >= 4 is 27.6 Å². The molecule has 0 atom stereocenters. The molecule has 1 aliphatic heterocycles. The first kappa shape index (κ1) is 23.4. The highest BCUT2D eigenvalue weighted by Crippen LogP contribution is 2.38. The molecule has 7 heteroatoms. The number of nitrogens with zero attached hydrogens (tertiary/aromatic N) is 1. The first-order chi connectivity index (χ1) is 16.9. The fourth-order valence-electron chi connectivity index (χ4n) is 5.41. The quantitative estimate of drug-likeness (QED) is 0.437. The van der Waals surface area contributed by atoms with E-state index >= 15 is 0 Å². The van der Waals surface area contributed by atoms with E-state index in [1.165, 1.54) is 9.87 Å². The van der Waals surface area contributed by atoms with Gasteiger partial charge in [0.25, 0.3) is 0 Å². The molecule has 0 aromatic heterocycles. The van der Waals surface area contributed by atoms with Gasteiger partial charge in [-0.25, -0.2) is 0 Å². The molecule has 6 nitrogen and oxygen atoms in total. The van der Waals surface area contributed by atoms with Crippen molar-refractivity contribution in [3.8, 4) is 11.1 Å². The van der Waals surface area contributed by atoms with Crippen LogP contribution in [0, 0.1) is 5.92 Å². The van der Waals surface area contributed by atoms with E-state index in [1.807, 2.05) is 18.2 Å². The summed E-state index contributed by atoms with van der Waals surface area (Å²) in [6.07, 6.45) is 4.99. The number of fused-ring (bicyclic) bond motifs is 1. The van der Waals surface area contributed by atoms with E-state index in [4.69, 9.17) is 5.11 Å². The van der Waals surface area contributed by atoms with Crippen molar-refractivity contribution in [3.05, 3.63) is 83.9 Å². The maximum Gasteiger partial charge on any atom is 0.323 e. The van der Waals surface area contributed by atoms with Crippen molar-refractivity contribution in [2.24, 2.45) is 5.92 Å². The van der Waals surface area contributed by atoms with Gasteiger partial charge >= 0.3 is 16.2 Å². The van der Waals surface area contributed by atoms with E-state index in [-0.39, 0.29) is 6.42 Å². The number of hydrogen-bond acceptors (Lipinski definition) is 3. The second-order valence-electron chi connectivity index (χ2n) is 9.58. The molecule has 0 saturated heterocycles. The third kappa shape index (κ3) is 5.20. The van der Waals surface area contributed by atoms with Crippen LogP contribution >= 0.6 is 0 Å². The van der Waals surface area contributed by atoms with Crippen LogP contribution in [0.2, 0.25) is 0 Å². The Kier molecular flexibility index (Phi) is 6.52. The molecule has 0 spiro atoms. The molecule has 0 amide bonds. The molecule has 1 saturated carbocycles. The van der Waals surface area contributed by atoms with E-state index < -0.39 is 16.2 Å². The van der Waals surface area contributed by atoms with Crippen LogP contribution in [0.15, 0.2) is 72.8 Å². The summed E-state index contributed by atoms with van der Waals surface area (Å²) in [5.41, 5.74) is 5.81. The van der Waals surface area contributed by atoms with Crippen molar-refractivity contribution in [2.75, 3.05) is 15.6 Å². The Hall–Kier alpha value is -3.32. The molecule has 2 aliphatic rings. The largest absolute Gasteiger partial charge is 0.481 e. The standard InChI is InChI=1S/C28H30N2O4S/c31-28(32)18-20-6-8-21(9-7-20)22-10-12-23(13-11-22)24-14-15-27-25(19-24)16-17-30(27)35(33,34)29-26-4-2-1-3-5-26/h1-5,10-15,19-21,29H,6-9,16-18H2,(H,31,32). The highest BCUT2D eigenvalue weighted by molar-refractivity contribution is 7.94. The minimum atomic E-state index is -3.68. The summed E-state index contributed by atoms with van der Waals surface area (Å²) in [4.78, 5) is 11.0. The van der Waals surface area contributed by atoms with Gasteiger partial charge in [-0.3, -0.25) is 13.8 Å². The Morgan fingerprint density at radius 1 is 0.914 bits per heavy atom. The second kappa shape index (κ2) is 9.74. The normalized spacial score (nSPS) is 19.8. The zero-order valence-electron chi connectivity index (χ0n) is 19.6. The average Bonchev–Trinajstić information content (AvgIpc) is 3.29. The van der Waals surface area contributed by atoms with E-state index in [9.17, 15) is 13.2 Å². The molecule has 2 N–H and O–H groups in total. The number of carbonyl (C=O) groups is 1. The highest BCUT2D eigenvalue weighted by Gasteiger charge is 2.30. The molecule has 0 bridgehead atoms. The predicted molar refractivity (Wildman–Crippen MR) is 139 cm³/mol. The lowest BCUT2D eigenvalue weighted by atomic mass is 9.77. The number of benzene rings is 3. The van der Waals surface area contributed by atoms with Gasteiger partial charge in [0, 0.05) is 13.0 Å². The molecule has 0 radical (unpaired) electrons. The van der Waals surface area contributed by atoms with E-state index in [0.29, 0.717) is 30.5 Å². The van der Waals surface area contributed by atoms with Gasteiger partial charge in [-0.1, -0.05) is 48.5 Å². The van der Waals surface area contributed by atoms with Crippen molar-refractivity contribution in [1.82, 2.24) is 0 Å².